The first kappa shape index (κ1) is 22.0. The Morgan fingerprint density at radius 3 is 2.06 bits per heavy atom. The van der Waals surface area contributed by atoms with Gasteiger partial charge in [-0.25, -0.2) is 4.57 Å². The Balaban J connectivity index is -0.000000321. The van der Waals surface area contributed by atoms with Gasteiger partial charge in [0.2, 0.25) is 0 Å². The molecule has 110 valence electrons. The lowest BCUT2D eigenvalue weighted by Gasteiger charge is -2.06. The quantitative estimate of drug-likeness (QED) is 0.121. The summed E-state index contributed by atoms with van der Waals surface area (Å²) in [5.74, 6) is -1.11. The largest absolute Gasteiger partial charge is 0.480 e. The maximum Gasteiger partial charge on any atom is 0.466 e. The lowest BCUT2D eigenvalue weighted by atomic mass is 10.2. The lowest BCUT2D eigenvalue weighted by Crippen LogP contribution is -2.34. The number of carboxylic acid groups (broad SMARTS) is 1. The Bertz CT molecular complexity index is 290. The molecule has 10 nitrogen and oxygen atoms in total. The van der Waals surface area contributed by atoms with Crippen LogP contribution in [0.5, 0.6) is 0 Å². The van der Waals surface area contributed by atoms with Crippen LogP contribution in [-0.4, -0.2) is 44.3 Å². The third-order valence-electron chi connectivity index (χ3n) is 1.32. The Hall–Kier alpha value is -1.26. The minimum atomic E-state index is -4.64. The van der Waals surface area contributed by atoms with Gasteiger partial charge in [0.1, 0.15) is 6.04 Å². The van der Waals surface area contributed by atoms with Gasteiger partial charge in [-0.15, -0.1) is 0 Å². The molecule has 0 aliphatic carbocycles. The monoisotopic (exact) mass is 292 g/mol. The van der Waals surface area contributed by atoms with E-state index in [1.54, 1.807) is 0 Å². The molecule has 0 rings (SSSR count). The molecule has 0 bridgehead atoms. The molecular formula is C6H18FN4O6P. The van der Waals surface area contributed by atoms with E-state index >= 15 is 0 Å². The van der Waals surface area contributed by atoms with E-state index in [0.29, 0.717) is 19.4 Å². The summed E-state index contributed by atoms with van der Waals surface area (Å²) >= 11 is 0. The third-order valence-corrected chi connectivity index (χ3v) is 1.32. The minimum Gasteiger partial charge on any atom is -0.480 e. The molecule has 0 aromatic heterocycles. The van der Waals surface area contributed by atoms with Crippen molar-refractivity contribution in [3.05, 3.63) is 0 Å². The highest BCUT2D eigenvalue weighted by Crippen LogP contribution is 2.25. The van der Waals surface area contributed by atoms with Gasteiger partial charge in [0.15, 0.2) is 5.96 Å². The van der Waals surface area contributed by atoms with Gasteiger partial charge >= 0.3 is 13.8 Å². The van der Waals surface area contributed by atoms with Crippen molar-refractivity contribution in [3.8, 4) is 0 Å². The van der Waals surface area contributed by atoms with Gasteiger partial charge in [-0.2, -0.15) is 0 Å². The number of phosphoric acid groups is 1. The smallest absolute Gasteiger partial charge is 0.466 e. The van der Waals surface area contributed by atoms with Gasteiger partial charge in [0.05, 0.1) is 0 Å². The maximum atomic E-state index is 10.2. The minimum absolute atomic E-state index is 0. The van der Waals surface area contributed by atoms with Gasteiger partial charge in [-0.1, -0.05) is 0 Å². The Kier molecular flexibility index (Phi) is 13.3. The summed E-state index contributed by atoms with van der Waals surface area (Å²) in [5.41, 5.74) is 10.2. The first-order valence-electron chi connectivity index (χ1n) is 4.38. The standard InChI is InChI=1S/C6H14N4O2.FH.H3O4P/c7-4(5(11)12)2-1-3-10-6(8)9;;1-5(2,3)4/h4H,1-3,7H2,(H,11,12)(H4,8,9,10);1H;(H3,1,2,3,4)/t4-;;/m0../s1. The van der Waals surface area contributed by atoms with E-state index in [0.717, 1.165) is 0 Å². The van der Waals surface area contributed by atoms with Crippen LogP contribution in [0.4, 0.5) is 4.70 Å². The fourth-order valence-corrected chi connectivity index (χ4v) is 0.669. The summed E-state index contributed by atoms with van der Waals surface area (Å²) in [6, 6.07) is -0.821. The Morgan fingerprint density at radius 1 is 1.39 bits per heavy atom. The SMILES string of the molecule is F.N=C(N)NCCC[C@H](N)C(=O)O.O=P(O)(O)O. The van der Waals surface area contributed by atoms with Gasteiger partial charge in [-0.3, -0.25) is 14.9 Å². The number of rotatable bonds is 5. The number of nitrogens with two attached hydrogens (primary N) is 2. The number of guanidine groups is 1. The summed E-state index contributed by atoms with van der Waals surface area (Å²) in [4.78, 5) is 31.8. The van der Waals surface area contributed by atoms with Crippen molar-refractivity contribution >= 4 is 19.8 Å². The average molecular weight is 292 g/mol. The predicted molar refractivity (Wildman–Crippen MR) is 61.5 cm³/mol. The summed E-state index contributed by atoms with van der Waals surface area (Å²) in [7, 11) is -4.64. The highest BCUT2D eigenvalue weighted by molar-refractivity contribution is 7.45. The number of nitrogens with one attached hydrogen (secondary N) is 2. The van der Waals surface area contributed by atoms with Crippen LogP contribution in [0.15, 0.2) is 0 Å². The summed E-state index contributed by atoms with van der Waals surface area (Å²) < 4.78 is 8.88. The average Bonchev–Trinajstić information content (AvgIpc) is 2.08. The fourth-order valence-electron chi connectivity index (χ4n) is 0.669. The number of hydrogen-bond acceptors (Lipinski definition) is 4. The third kappa shape index (κ3) is 29.3. The van der Waals surface area contributed by atoms with E-state index < -0.39 is 19.8 Å². The van der Waals surface area contributed by atoms with Gasteiger partial charge < -0.3 is 36.6 Å². The molecule has 0 aromatic carbocycles. The first-order chi connectivity index (χ1) is 7.54. The number of carbonyl (C=O) groups is 1. The highest BCUT2D eigenvalue weighted by atomic mass is 31.2. The van der Waals surface area contributed by atoms with Crippen LogP contribution < -0.4 is 16.8 Å². The second-order valence-electron chi connectivity index (χ2n) is 2.94. The van der Waals surface area contributed by atoms with Crippen LogP contribution in [0, 0.1) is 5.41 Å². The summed E-state index contributed by atoms with van der Waals surface area (Å²) in [6.07, 6.45) is 0.975. The number of halogens is 1. The fraction of sp³-hybridized carbons (Fsp3) is 0.667. The van der Waals surface area contributed by atoms with E-state index in [-0.39, 0.29) is 10.7 Å². The highest BCUT2D eigenvalue weighted by Gasteiger charge is 2.09. The van der Waals surface area contributed by atoms with Crippen molar-refractivity contribution in [2.75, 3.05) is 6.54 Å². The maximum absolute atomic E-state index is 10.2. The van der Waals surface area contributed by atoms with Crippen LogP contribution in [0.2, 0.25) is 0 Å². The van der Waals surface area contributed by atoms with E-state index in [2.05, 4.69) is 5.32 Å². The molecular weight excluding hydrogens is 274 g/mol. The Labute approximate surface area is 102 Å². The zero-order valence-corrected chi connectivity index (χ0v) is 10.2. The van der Waals surface area contributed by atoms with Crippen molar-refractivity contribution in [3.63, 3.8) is 0 Å². The van der Waals surface area contributed by atoms with E-state index in [9.17, 15) is 4.79 Å². The summed E-state index contributed by atoms with van der Waals surface area (Å²) in [5, 5.41) is 17.7. The zero-order chi connectivity index (χ0) is 14.1. The van der Waals surface area contributed by atoms with Crippen molar-refractivity contribution in [2.45, 2.75) is 18.9 Å². The predicted octanol–water partition coefficient (Wildman–Crippen LogP) is -2.11. The van der Waals surface area contributed by atoms with Crippen molar-refractivity contribution in [1.82, 2.24) is 5.32 Å². The van der Waals surface area contributed by atoms with E-state index in [1.807, 2.05) is 0 Å². The molecule has 0 spiro atoms. The van der Waals surface area contributed by atoms with Gasteiger partial charge in [0, 0.05) is 6.54 Å². The van der Waals surface area contributed by atoms with Gasteiger partial charge in [0.25, 0.3) is 0 Å². The molecule has 0 amide bonds. The van der Waals surface area contributed by atoms with Crippen molar-refractivity contribution in [2.24, 2.45) is 11.5 Å². The number of hydrogen-bond donors (Lipinski definition) is 8. The van der Waals surface area contributed by atoms with Crippen LogP contribution in [0.25, 0.3) is 0 Å². The first-order valence-corrected chi connectivity index (χ1v) is 5.95. The second kappa shape index (κ2) is 10.9. The number of carboxylic acids is 1. The molecule has 0 unspecified atom stereocenters. The second-order valence-corrected chi connectivity index (χ2v) is 3.97. The zero-order valence-electron chi connectivity index (χ0n) is 9.31. The molecule has 10 N–H and O–H groups in total. The molecule has 0 radical (unpaired) electrons. The van der Waals surface area contributed by atoms with Crippen LogP contribution in [-0.2, 0) is 9.36 Å². The number of aliphatic carboxylic acids is 1. The van der Waals surface area contributed by atoms with Crippen molar-refractivity contribution < 1.29 is 33.9 Å². The molecule has 18 heavy (non-hydrogen) atoms. The normalized spacial score (nSPS) is 11.3. The molecule has 0 aromatic rings. The summed E-state index contributed by atoms with van der Waals surface area (Å²) in [6.45, 7) is 0.482. The molecule has 0 aliphatic heterocycles. The van der Waals surface area contributed by atoms with Crippen molar-refractivity contribution in [1.29, 1.82) is 5.41 Å². The Morgan fingerprint density at radius 2 is 1.78 bits per heavy atom. The van der Waals surface area contributed by atoms with E-state index in [1.165, 1.54) is 0 Å². The molecule has 0 saturated carbocycles. The van der Waals surface area contributed by atoms with Crippen LogP contribution in [0.3, 0.4) is 0 Å². The molecule has 0 heterocycles. The molecule has 0 fully saturated rings. The van der Waals surface area contributed by atoms with E-state index in [4.69, 9.17) is 41.2 Å². The van der Waals surface area contributed by atoms with Crippen LogP contribution >= 0.6 is 7.82 Å². The molecule has 1 atom stereocenters. The van der Waals surface area contributed by atoms with Crippen LogP contribution in [0.1, 0.15) is 12.8 Å². The van der Waals surface area contributed by atoms with Gasteiger partial charge in [-0.05, 0) is 12.8 Å². The molecule has 12 heteroatoms. The lowest BCUT2D eigenvalue weighted by molar-refractivity contribution is -0.138. The molecule has 0 saturated heterocycles. The topological polar surface area (TPSA) is 203 Å². The molecule has 0 aliphatic rings.